The molecule has 0 aliphatic carbocycles. The van der Waals surface area contributed by atoms with Gasteiger partial charge in [0.25, 0.3) is 0 Å². The fourth-order valence-corrected chi connectivity index (χ4v) is 2.47. The standard InChI is InChI=1S/C14H17F2N5OS/c1-14(2,3)12-19-20-13(21(12)17)23-7-10(22)18-11-8(15)5-4-6-9(11)16/h4-6H,7,17H2,1-3H3,(H,18,22). The second-order valence-electron chi connectivity index (χ2n) is 5.86. The molecule has 0 saturated heterocycles. The molecule has 0 fully saturated rings. The molecule has 0 atom stereocenters. The number of nitrogens with one attached hydrogen (secondary N) is 1. The second-order valence-corrected chi connectivity index (χ2v) is 6.80. The highest BCUT2D eigenvalue weighted by Gasteiger charge is 2.23. The minimum absolute atomic E-state index is 0.104. The molecule has 0 aliphatic heterocycles. The van der Waals surface area contributed by atoms with Crippen LogP contribution in [0.5, 0.6) is 0 Å². The van der Waals surface area contributed by atoms with E-state index >= 15 is 0 Å². The highest BCUT2D eigenvalue weighted by molar-refractivity contribution is 7.99. The first-order valence-corrected chi connectivity index (χ1v) is 7.76. The Morgan fingerprint density at radius 2 is 1.91 bits per heavy atom. The van der Waals surface area contributed by atoms with Crippen molar-refractivity contribution in [1.82, 2.24) is 14.9 Å². The van der Waals surface area contributed by atoms with Crippen molar-refractivity contribution in [3.05, 3.63) is 35.7 Å². The third-order valence-electron chi connectivity index (χ3n) is 2.89. The summed E-state index contributed by atoms with van der Waals surface area (Å²) in [7, 11) is 0. The van der Waals surface area contributed by atoms with Crippen LogP contribution in [0.1, 0.15) is 26.6 Å². The highest BCUT2D eigenvalue weighted by Crippen LogP contribution is 2.24. The molecule has 124 valence electrons. The van der Waals surface area contributed by atoms with Crippen LogP contribution in [0.4, 0.5) is 14.5 Å². The number of thioether (sulfide) groups is 1. The second kappa shape index (κ2) is 6.53. The number of para-hydroxylation sites is 1. The van der Waals surface area contributed by atoms with Gasteiger partial charge in [-0.2, -0.15) is 0 Å². The molecule has 1 heterocycles. The average molecular weight is 341 g/mol. The van der Waals surface area contributed by atoms with E-state index in [2.05, 4.69) is 15.5 Å². The first kappa shape index (κ1) is 17.2. The zero-order chi connectivity index (χ0) is 17.2. The van der Waals surface area contributed by atoms with Gasteiger partial charge in [0.15, 0.2) is 5.82 Å². The molecule has 6 nitrogen and oxygen atoms in total. The fourth-order valence-electron chi connectivity index (χ4n) is 1.81. The van der Waals surface area contributed by atoms with Gasteiger partial charge in [0.05, 0.1) is 5.75 Å². The Morgan fingerprint density at radius 1 is 1.30 bits per heavy atom. The van der Waals surface area contributed by atoms with Gasteiger partial charge in [0, 0.05) is 5.41 Å². The number of nitrogens with two attached hydrogens (primary N) is 1. The summed E-state index contributed by atoms with van der Waals surface area (Å²) in [6.07, 6.45) is 0. The third-order valence-corrected chi connectivity index (χ3v) is 3.84. The molecule has 0 radical (unpaired) electrons. The lowest BCUT2D eigenvalue weighted by Crippen LogP contribution is -2.24. The number of nitrogen functional groups attached to an aromatic ring is 1. The zero-order valence-electron chi connectivity index (χ0n) is 12.9. The smallest absolute Gasteiger partial charge is 0.235 e. The van der Waals surface area contributed by atoms with Crippen molar-refractivity contribution in [1.29, 1.82) is 0 Å². The van der Waals surface area contributed by atoms with Gasteiger partial charge in [-0.1, -0.05) is 38.6 Å². The van der Waals surface area contributed by atoms with E-state index in [1.54, 1.807) is 0 Å². The Bertz CT molecular complexity index is 706. The van der Waals surface area contributed by atoms with Crippen molar-refractivity contribution in [2.45, 2.75) is 31.3 Å². The molecule has 9 heteroatoms. The third kappa shape index (κ3) is 3.98. The molecular formula is C14H17F2N5OS. The van der Waals surface area contributed by atoms with Crippen LogP contribution < -0.4 is 11.2 Å². The summed E-state index contributed by atoms with van der Waals surface area (Å²) < 4.78 is 28.2. The molecule has 1 amide bonds. The normalized spacial score (nSPS) is 11.5. The largest absolute Gasteiger partial charge is 0.336 e. The number of nitrogens with zero attached hydrogens (tertiary/aromatic N) is 3. The van der Waals surface area contributed by atoms with E-state index in [1.807, 2.05) is 20.8 Å². The van der Waals surface area contributed by atoms with Gasteiger partial charge >= 0.3 is 0 Å². The van der Waals surface area contributed by atoms with E-state index in [4.69, 9.17) is 5.84 Å². The number of halogens is 2. The van der Waals surface area contributed by atoms with E-state index in [0.717, 1.165) is 23.9 Å². The van der Waals surface area contributed by atoms with Crippen molar-refractivity contribution in [2.75, 3.05) is 16.9 Å². The van der Waals surface area contributed by atoms with Crippen molar-refractivity contribution in [2.24, 2.45) is 0 Å². The minimum Gasteiger partial charge on any atom is -0.336 e. The van der Waals surface area contributed by atoms with Crippen molar-refractivity contribution >= 4 is 23.4 Å². The van der Waals surface area contributed by atoms with Gasteiger partial charge in [0.2, 0.25) is 11.1 Å². The van der Waals surface area contributed by atoms with Gasteiger partial charge in [-0.25, -0.2) is 13.5 Å². The number of hydrogen-bond acceptors (Lipinski definition) is 5. The maximum Gasteiger partial charge on any atom is 0.235 e. The first-order chi connectivity index (χ1) is 10.7. The summed E-state index contributed by atoms with van der Waals surface area (Å²) in [6, 6.07) is 3.36. The lowest BCUT2D eigenvalue weighted by Gasteiger charge is -2.16. The first-order valence-electron chi connectivity index (χ1n) is 6.78. The van der Waals surface area contributed by atoms with Crippen LogP contribution in [0.2, 0.25) is 0 Å². The van der Waals surface area contributed by atoms with Crippen LogP contribution in [0, 0.1) is 11.6 Å². The van der Waals surface area contributed by atoms with Crippen molar-refractivity contribution in [3.63, 3.8) is 0 Å². The molecule has 3 N–H and O–H groups in total. The Balaban J connectivity index is 2.02. The summed E-state index contributed by atoms with van der Waals surface area (Å²) in [6.45, 7) is 5.80. The predicted molar refractivity (Wildman–Crippen MR) is 84.6 cm³/mol. The topological polar surface area (TPSA) is 85.8 Å². The molecule has 0 bridgehead atoms. The molecule has 23 heavy (non-hydrogen) atoms. The molecule has 1 aromatic carbocycles. The summed E-state index contributed by atoms with van der Waals surface area (Å²) in [5.74, 6) is 4.13. The number of carbonyl (C=O) groups is 1. The van der Waals surface area contributed by atoms with E-state index in [0.29, 0.717) is 11.0 Å². The Labute approximate surface area is 136 Å². The number of hydrogen-bond donors (Lipinski definition) is 2. The van der Waals surface area contributed by atoms with Crippen LogP contribution in [0.25, 0.3) is 0 Å². The molecule has 0 saturated carbocycles. The predicted octanol–water partition coefficient (Wildman–Crippen LogP) is 2.30. The quantitative estimate of drug-likeness (QED) is 0.658. The summed E-state index contributed by atoms with van der Waals surface area (Å²) in [5.41, 5.74) is -0.762. The van der Waals surface area contributed by atoms with E-state index in [9.17, 15) is 13.6 Å². The molecule has 0 unspecified atom stereocenters. The van der Waals surface area contributed by atoms with E-state index < -0.39 is 23.2 Å². The number of benzene rings is 1. The number of rotatable bonds is 4. The van der Waals surface area contributed by atoms with E-state index in [1.165, 1.54) is 10.7 Å². The maximum absolute atomic E-state index is 13.5. The van der Waals surface area contributed by atoms with Crippen LogP contribution in [0.3, 0.4) is 0 Å². The van der Waals surface area contributed by atoms with Crippen LogP contribution in [0.15, 0.2) is 23.4 Å². The summed E-state index contributed by atoms with van der Waals surface area (Å²) in [5, 5.41) is 10.5. The molecule has 0 aliphatic rings. The van der Waals surface area contributed by atoms with Crippen LogP contribution in [-0.2, 0) is 10.2 Å². The Morgan fingerprint density at radius 3 is 2.43 bits per heavy atom. The lowest BCUT2D eigenvalue weighted by molar-refractivity contribution is -0.113. The van der Waals surface area contributed by atoms with Crippen LogP contribution in [-0.4, -0.2) is 26.5 Å². The zero-order valence-corrected chi connectivity index (χ0v) is 13.7. The van der Waals surface area contributed by atoms with Gasteiger partial charge in [0.1, 0.15) is 17.3 Å². The molecule has 2 rings (SSSR count). The summed E-state index contributed by atoms with van der Waals surface area (Å²) in [4.78, 5) is 11.8. The summed E-state index contributed by atoms with van der Waals surface area (Å²) >= 11 is 1.03. The molecule has 0 spiro atoms. The molecule has 2 aromatic rings. The van der Waals surface area contributed by atoms with Crippen molar-refractivity contribution in [3.8, 4) is 0 Å². The lowest BCUT2D eigenvalue weighted by atomic mass is 9.96. The highest BCUT2D eigenvalue weighted by atomic mass is 32.2. The van der Waals surface area contributed by atoms with Gasteiger partial charge in [-0.3, -0.25) is 4.79 Å². The SMILES string of the molecule is CC(C)(C)c1nnc(SCC(=O)Nc2c(F)cccc2F)n1N. The molecular weight excluding hydrogens is 324 g/mol. The number of amides is 1. The fraction of sp³-hybridized carbons (Fsp3) is 0.357. The molecule has 1 aromatic heterocycles. The van der Waals surface area contributed by atoms with Crippen molar-refractivity contribution < 1.29 is 13.6 Å². The minimum atomic E-state index is -0.833. The number of anilines is 1. The maximum atomic E-state index is 13.5. The number of aromatic nitrogens is 3. The van der Waals surface area contributed by atoms with Gasteiger partial charge < -0.3 is 11.2 Å². The van der Waals surface area contributed by atoms with Gasteiger partial charge in [-0.15, -0.1) is 10.2 Å². The monoisotopic (exact) mass is 341 g/mol. The number of carbonyl (C=O) groups excluding carboxylic acids is 1. The Kier molecular flexibility index (Phi) is 4.88. The van der Waals surface area contributed by atoms with Gasteiger partial charge in [-0.05, 0) is 12.1 Å². The average Bonchev–Trinajstić information content (AvgIpc) is 2.82. The van der Waals surface area contributed by atoms with E-state index in [-0.39, 0.29) is 11.2 Å². The Hall–Kier alpha value is -2.16. The van der Waals surface area contributed by atoms with Crippen LogP contribution >= 0.6 is 11.8 Å².